The summed E-state index contributed by atoms with van der Waals surface area (Å²) in [5, 5.41) is 11.8. The van der Waals surface area contributed by atoms with Gasteiger partial charge < -0.3 is 14.3 Å². The molecule has 4 nitrogen and oxygen atoms in total. The van der Waals surface area contributed by atoms with Gasteiger partial charge in [0.25, 0.3) is 9.04 Å². The zero-order valence-electron chi connectivity index (χ0n) is 20.2. The zero-order valence-corrected chi connectivity index (χ0v) is 21.2. The molecular formula is C26H39O4Si. The van der Waals surface area contributed by atoms with E-state index in [9.17, 15) is 9.90 Å². The maximum Gasteiger partial charge on any atom is 0.330 e. The Balaban J connectivity index is 1.88. The Morgan fingerprint density at radius 1 is 1.23 bits per heavy atom. The van der Waals surface area contributed by atoms with Crippen molar-refractivity contribution in [2.24, 2.45) is 11.3 Å². The summed E-state index contributed by atoms with van der Waals surface area (Å²) in [5.41, 5.74) is 1.64. The first-order chi connectivity index (χ1) is 14.4. The van der Waals surface area contributed by atoms with E-state index in [1.807, 2.05) is 6.08 Å². The van der Waals surface area contributed by atoms with Crippen LogP contribution in [0.3, 0.4) is 0 Å². The average Bonchev–Trinajstić information content (AvgIpc) is 2.95. The number of benzene rings is 1. The van der Waals surface area contributed by atoms with Crippen LogP contribution < -0.4 is 4.43 Å². The molecule has 3 rings (SSSR count). The number of aliphatic hydroxyl groups is 1. The number of rotatable bonds is 5. The predicted octanol–water partition coefficient (Wildman–Crippen LogP) is 5.76. The second-order valence-electron chi connectivity index (χ2n) is 10.9. The molecule has 2 aliphatic carbocycles. The van der Waals surface area contributed by atoms with Gasteiger partial charge in [0.2, 0.25) is 0 Å². The molecule has 4 atom stereocenters. The van der Waals surface area contributed by atoms with E-state index in [0.717, 1.165) is 37.9 Å². The number of carbonyl (C=O) groups excluding carboxylic acids is 1. The van der Waals surface area contributed by atoms with Crippen molar-refractivity contribution in [3.63, 3.8) is 0 Å². The van der Waals surface area contributed by atoms with Crippen LogP contribution in [-0.2, 0) is 14.9 Å². The van der Waals surface area contributed by atoms with Crippen molar-refractivity contribution in [3.8, 4) is 5.75 Å². The Kier molecular flexibility index (Phi) is 6.78. The van der Waals surface area contributed by atoms with Crippen molar-refractivity contribution in [3.05, 3.63) is 41.5 Å². The molecule has 0 heterocycles. The Morgan fingerprint density at radius 2 is 1.94 bits per heavy atom. The third-order valence-corrected chi connectivity index (χ3v) is 8.27. The van der Waals surface area contributed by atoms with Gasteiger partial charge in [-0.2, -0.15) is 0 Å². The van der Waals surface area contributed by atoms with Crippen LogP contribution in [0.4, 0.5) is 0 Å². The second-order valence-corrected chi connectivity index (χ2v) is 12.9. The summed E-state index contributed by atoms with van der Waals surface area (Å²) in [6.07, 6.45) is 7.84. The van der Waals surface area contributed by atoms with E-state index in [0.29, 0.717) is 0 Å². The first-order valence-corrected chi connectivity index (χ1v) is 13.9. The van der Waals surface area contributed by atoms with E-state index in [-0.39, 0.29) is 28.6 Å². The third kappa shape index (κ3) is 4.78. The summed E-state index contributed by atoms with van der Waals surface area (Å²) in [5.74, 6) is 1.15. The van der Waals surface area contributed by atoms with E-state index in [1.165, 1.54) is 24.3 Å². The van der Waals surface area contributed by atoms with Gasteiger partial charge in [-0.15, -0.1) is 0 Å². The highest BCUT2D eigenvalue weighted by molar-refractivity contribution is 6.49. The molecule has 0 spiro atoms. The zero-order chi connectivity index (χ0) is 23.0. The lowest BCUT2D eigenvalue weighted by Gasteiger charge is -2.49. The van der Waals surface area contributed by atoms with Gasteiger partial charge in [-0.3, -0.25) is 0 Å². The molecule has 2 fully saturated rings. The molecule has 0 saturated heterocycles. The van der Waals surface area contributed by atoms with Crippen molar-refractivity contribution < 1.29 is 19.1 Å². The topological polar surface area (TPSA) is 55.8 Å². The largest absolute Gasteiger partial charge is 0.542 e. The van der Waals surface area contributed by atoms with Crippen molar-refractivity contribution in [2.45, 2.75) is 89.8 Å². The molecule has 0 unspecified atom stereocenters. The average molecular weight is 444 g/mol. The number of allylic oxidation sites excluding steroid dienone is 1. The first-order valence-electron chi connectivity index (χ1n) is 11.5. The van der Waals surface area contributed by atoms with Gasteiger partial charge >= 0.3 is 5.97 Å². The highest BCUT2D eigenvalue weighted by Gasteiger charge is 2.58. The summed E-state index contributed by atoms with van der Waals surface area (Å²) in [4.78, 5) is 11.6. The van der Waals surface area contributed by atoms with Crippen molar-refractivity contribution in [1.82, 2.24) is 0 Å². The summed E-state index contributed by atoms with van der Waals surface area (Å²) in [6.45, 7) is 13.2. The molecule has 2 saturated carbocycles. The van der Waals surface area contributed by atoms with Gasteiger partial charge in [-0.25, -0.2) is 4.79 Å². The summed E-state index contributed by atoms with van der Waals surface area (Å²) >= 11 is 0. The smallest absolute Gasteiger partial charge is 0.330 e. The van der Waals surface area contributed by atoms with Crippen molar-refractivity contribution >= 4 is 15.0 Å². The number of hydrogen-bond donors (Lipinski definition) is 1. The number of fused-ring (bicyclic) bond motifs is 1. The number of methoxy groups -OCH3 is 1. The maximum atomic E-state index is 11.8. The summed E-state index contributed by atoms with van der Waals surface area (Å²) < 4.78 is 11.1. The quantitative estimate of drug-likeness (QED) is 0.357. The van der Waals surface area contributed by atoms with E-state index in [2.05, 4.69) is 59.0 Å². The fourth-order valence-corrected chi connectivity index (χ4v) is 6.18. The van der Waals surface area contributed by atoms with Crippen LogP contribution in [-0.4, -0.2) is 32.8 Å². The molecule has 1 radical (unpaired) electrons. The number of carbonyl (C=O) groups is 1. The Bertz CT molecular complexity index is 840. The Labute approximate surface area is 189 Å². The van der Waals surface area contributed by atoms with Crippen molar-refractivity contribution in [1.29, 1.82) is 0 Å². The molecule has 0 aliphatic heterocycles. The molecule has 0 bridgehead atoms. The highest BCUT2D eigenvalue weighted by atomic mass is 28.3. The summed E-state index contributed by atoms with van der Waals surface area (Å²) in [6, 6.07) is 6.69. The predicted molar refractivity (Wildman–Crippen MR) is 127 cm³/mol. The minimum Gasteiger partial charge on any atom is -0.542 e. The first kappa shape index (κ1) is 24.1. The number of hydrogen-bond acceptors (Lipinski definition) is 4. The Morgan fingerprint density at radius 3 is 2.55 bits per heavy atom. The van der Waals surface area contributed by atoms with Gasteiger partial charge in [-0.05, 0) is 79.6 Å². The van der Waals surface area contributed by atoms with Crippen LogP contribution in [0.1, 0.15) is 76.8 Å². The fraction of sp³-hybridized carbons (Fsp3) is 0.654. The molecular weight excluding hydrogens is 404 g/mol. The number of esters is 1. The van der Waals surface area contributed by atoms with Crippen LogP contribution in [0.5, 0.6) is 5.75 Å². The van der Waals surface area contributed by atoms with Crippen LogP contribution >= 0.6 is 0 Å². The fourth-order valence-electron chi connectivity index (χ4n) is 5.56. The molecule has 1 aromatic rings. The lowest BCUT2D eigenvalue weighted by atomic mass is 9.59. The minimum atomic E-state index is -0.894. The highest BCUT2D eigenvalue weighted by Crippen LogP contribution is 2.61. The standard InChI is InChI=1S/C26H39O4Si/c1-24(2,3)20-8-10-21(22(16-20)30-31(6)7)18-12-14-25(4)19(9-11-23(27)29-5)13-15-26(25,28)17-18/h8-11,16,18-19,28H,12-15,17H2,1-7H3/t18-,19-,25+,26-/m0/s1. The minimum absolute atomic E-state index is 0.0685. The van der Waals surface area contributed by atoms with Crippen LogP contribution in [0.2, 0.25) is 13.1 Å². The molecule has 31 heavy (non-hydrogen) atoms. The van der Waals surface area contributed by atoms with Gasteiger partial charge in [0, 0.05) is 11.5 Å². The Hall–Kier alpha value is -1.59. The maximum absolute atomic E-state index is 11.8. The molecule has 0 amide bonds. The molecule has 0 aromatic heterocycles. The van der Waals surface area contributed by atoms with Gasteiger partial charge in [0.05, 0.1) is 12.7 Å². The lowest BCUT2D eigenvalue weighted by Crippen LogP contribution is -2.49. The summed E-state index contributed by atoms with van der Waals surface area (Å²) in [7, 11) is 0.503. The normalized spacial score (nSPS) is 31.1. The molecule has 1 N–H and O–H groups in total. The van der Waals surface area contributed by atoms with E-state index in [4.69, 9.17) is 9.16 Å². The van der Waals surface area contributed by atoms with Crippen LogP contribution in [0, 0.1) is 11.3 Å². The molecule has 171 valence electrons. The van der Waals surface area contributed by atoms with Crippen molar-refractivity contribution in [2.75, 3.05) is 7.11 Å². The monoisotopic (exact) mass is 443 g/mol. The van der Waals surface area contributed by atoms with Gasteiger partial charge in [0.15, 0.2) is 0 Å². The molecule has 2 aliphatic rings. The van der Waals surface area contributed by atoms with E-state index >= 15 is 0 Å². The van der Waals surface area contributed by atoms with Gasteiger partial charge in [-0.1, -0.05) is 45.9 Å². The SMILES string of the molecule is COC(=O)C=C[C@H]1CC[C@]2(O)C[C@@H](c3ccc(C(C)(C)C)cc3O[Si](C)C)CC[C@]12C. The van der Waals surface area contributed by atoms with Crippen LogP contribution in [0.15, 0.2) is 30.4 Å². The third-order valence-electron chi connectivity index (χ3n) is 7.65. The van der Waals surface area contributed by atoms with Gasteiger partial charge in [0.1, 0.15) is 5.75 Å². The van der Waals surface area contributed by atoms with E-state index < -0.39 is 14.6 Å². The lowest BCUT2D eigenvalue weighted by molar-refractivity contribution is -0.135. The van der Waals surface area contributed by atoms with E-state index in [1.54, 1.807) is 0 Å². The number of ether oxygens (including phenoxy) is 1. The van der Waals surface area contributed by atoms with Crippen LogP contribution in [0.25, 0.3) is 0 Å². The second kappa shape index (κ2) is 8.74. The molecule has 1 aromatic carbocycles. The molecule has 5 heteroatoms.